The number of aromatic carboxylic acids is 1. The van der Waals surface area contributed by atoms with Gasteiger partial charge in [-0.25, -0.2) is 19.7 Å². The highest BCUT2D eigenvalue weighted by molar-refractivity contribution is 6.31. The van der Waals surface area contributed by atoms with Crippen LogP contribution in [0.15, 0.2) is 30.9 Å². The van der Waals surface area contributed by atoms with Gasteiger partial charge in [0, 0.05) is 10.4 Å². The normalized spacial score (nSPS) is 11.4. The van der Waals surface area contributed by atoms with Crippen LogP contribution >= 0.6 is 11.6 Å². The Labute approximate surface area is 139 Å². The number of halogens is 1. The quantitative estimate of drug-likeness (QED) is 0.525. The molecule has 0 unspecified atom stereocenters. The number of aromatic nitrogens is 5. The smallest absolute Gasteiger partial charge is 0.352 e. The van der Waals surface area contributed by atoms with E-state index in [0.717, 1.165) is 10.9 Å². The second kappa shape index (κ2) is 5.20. The maximum atomic E-state index is 11.2. The Hall–Kier alpha value is -3.13. The maximum absolute atomic E-state index is 11.2. The molecule has 3 aromatic heterocycles. The van der Waals surface area contributed by atoms with Crippen LogP contribution in [-0.2, 0) is 6.54 Å². The average molecular weight is 343 g/mol. The van der Waals surface area contributed by atoms with Crippen molar-refractivity contribution in [3.05, 3.63) is 47.1 Å². The van der Waals surface area contributed by atoms with Crippen LogP contribution in [0.4, 0.5) is 5.82 Å². The predicted molar refractivity (Wildman–Crippen MR) is 89.1 cm³/mol. The average Bonchev–Trinajstić information content (AvgIpc) is 3.13. The first-order valence-electron chi connectivity index (χ1n) is 6.98. The van der Waals surface area contributed by atoms with Crippen LogP contribution in [0.25, 0.3) is 22.1 Å². The molecule has 4 aromatic rings. The molecular formula is C15H11ClN6O2. The molecule has 0 atom stereocenters. The van der Waals surface area contributed by atoms with Gasteiger partial charge in [0.1, 0.15) is 17.5 Å². The van der Waals surface area contributed by atoms with E-state index in [2.05, 4.69) is 19.9 Å². The number of nitrogens with two attached hydrogens (primary N) is 1. The molecule has 3 heterocycles. The van der Waals surface area contributed by atoms with E-state index in [1.807, 2.05) is 0 Å². The van der Waals surface area contributed by atoms with E-state index in [4.69, 9.17) is 22.4 Å². The molecule has 9 heteroatoms. The van der Waals surface area contributed by atoms with Crippen LogP contribution in [0.2, 0.25) is 5.02 Å². The summed E-state index contributed by atoms with van der Waals surface area (Å²) in [6.07, 6.45) is 2.99. The number of hydrogen-bond donors (Lipinski definition) is 3. The molecule has 120 valence electrons. The fourth-order valence-electron chi connectivity index (χ4n) is 2.72. The Bertz CT molecular complexity index is 1100. The van der Waals surface area contributed by atoms with Gasteiger partial charge in [0.25, 0.3) is 0 Å². The molecule has 0 spiro atoms. The van der Waals surface area contributed by atoms with Gasteiger partial charge >= 0.3 is 5.97 Å². The van der Waals surface area contributed by atoms with Gasteiger partial charge in [-0.3, -0.25) is 0 Å². The number of fused-ring (bicyclic) bond motifs is 2. The summed E-state index contributed by atoms with van der Waals surface area (Å²) in [7, 11) is 0. The van der Waals surface area contributed by atoms with E-state index < -0.39 is 5.97 Å². The molecule has 0 fully saturated rings. The Morgan fingerprint density at radius 1 is 1.29 bits per heavy atom. The summed E-state index contributed by atoms with van der Waals surface area (Å²) in [6.45, 7) is 0.406. The first-order valence-corrected chi connectivity index (χ1v) is 7.36. The van der Waals surface area contributed by atoms with Crippen molar-refractivity contribution in [1.82, 2.24) is 24.5 Å². The summed E-state index contributed by atoms with van der Waals surface area (Å²) in [6, 6.07) is 5.05. The van der Waals surface area contributed by atoms with E-state index in [1.54, 1.807) is 29.1 Å². The van der Waals surface area contributed by atoms with Gasteiger partial charge in [-0.1, -0.05) is 11.6 Å². The Balaban J connectivity index is 1.86. The molecule has 0 amide bonds. The molecule has 0 radical (unpaired) electrons. The molecule has 0 aliphatic carbocycles. The SMILES string of the molecule is Nc1ncnc2c1ncn2Cc1cc(Cl)cc2cc(C(=O)O)[nH]c12. The standard InChI is InChI=1S/C15H11ClN6O2/c16-9-1-7-3-10(15(23)24)21-11(7)8(2-9)4-22-6-20-12-13(17)18-5-19-14(12)22/h1-3,5-6,21H,4H2,(H,23,24)(H2,17,18,19). The zero-order chi connectivity index (χ0) is 16.8. The van der Waals surface area contributed by atoms with Crippen molar-refractivity contribution in [2.75, 3.05) is 5.73 Å². The highest BCUT2D eigenvalue weighted by Crippen LogP contribution is 2.26. The van der Waals surface area contributed by atoms with Gasteiger partial charge in [-0.05, 0) is 23.8 Å². The van der Waals surface area contributed by atoms with E-state index in [1.165, 1.54) is 6.33 Å². The number of nitrogens with zero attached hydrogens (tertiary/aromatic N) is 4. The van der Waals surface area contributed by atoms with Crippen molar-refractivity contribution < 1.29 is 9.90 Å². The van der Waals surface area contributed by atoms with Crippen LogP contribution < -0.4 is 5.73 Å². The highest BCUT2D eigenvalue weighted by atomic mass is 35.5. The van der Waals surface area contributed by atoms with Crippen molar-refractivity contribution in [3.8, 4) is 0 Å². The third kappa shape index (κ3) is 2.24. The summed E-state index contributed by atoms with van der Waals surface area (Å²) < 4.78 is 1.81. The number of benzene rings is 1. The summed E-state index contributed by atoms with van der Waals surface area (Å²) >= 11 is 6.16. The number of nitrogens with one attached hydrogen (secondary N) is 1. The van der Waals surface area contributed by atoms with Crippen LogP contribution in [-0.4, -0.2) is 35.6 Å². The van der Waals surface area contributed by atoms with Crippen molar-refractivity contribution in [1.29, 1.82) is 0 Å². The number of rotatable bonds is 3. The molecule has 0 aliphatic rings. The van der Waals surface area contributed by atoms with Crippen molar-refractivity contribution in [3.63, 3.8) is 0 Å². The molecule has 24 heavy (non-hydrogen) atoms. The minimum atomic E-state index is -1.03. The molecule has 8 nitrogen and oxygen atoms in total. The van der Waals surface area contributed by atoms with Crippen molar-refractivity contribution in [2.45, 2.75) is 6.54 Å². The number of carboxylic acids is 1. The van der Waals surface area contributed by atoms with Gasteiger partial charge in [-0.15, -0.1) is 0 Å². The lowest BCUT2D eigenvalue weighted by Gasteiger charge is -2.07. The fourth-order valence-corrected chi connectivity index (χ4v) is 2.97. The number of nitrogen functional groups attached to an aromatic ring is 1. The third-order valence-electron chi connectivity index (χ3n) is 3.78. The van der Waals surface area contributed by atoms with Gasteiger partial charge in [0.15, 0.2) is 11.5 Å². The molecular weight excluding hydrogens is 332 g/mol. The number of carbonyl (C=O) groups is 1. The number of carboxylic acid groups (broad SMARTS) is 1. The molecule has 4 N–H and O–H groups in total. The Morgan fingerprint density at radius 2 is 2.12 bits per heavy atom. The van der Waals surface area contributed by atoms with Crippen LogP contribution in [0, 0.1) is 0 Å². The fraction of sp³-hybridized carbons (Fsp3) is 0.0667. The summed E-state index contributed by atoms with van der Waals surface area (Å²) in [5, 5.41) is 10.4. The Kier molecular flexibility index (Phi) is 3.14. The highest BCUT2D eigenvalue weighted by Gasteiger charge is 2.14. The lowest BCUT2D eigenvalue weighted by atomic mass is 10.1. The maximum Gasteiger partial charge on any atom is 0.352 e. The number of hydrogen-bond acceptors (Lipinski definition) is 5. The predicted octanol–water partition coefficient (Wildman–Crippen LogP) is 2.29. The van der Waals surface area contributed by atoms with E-state index in [-0.39, 0.29) is 5.69 Å². The minimum Gasteiger partial charge on any atom is -0.477 e. The zero-order valence-corrected chi connectivity index (χ0v) is 12.9. The van der Waals surface area contributed by atoms with Crippen molar-refractivity contribution in [2.24, 2.45) is 0 Å². The number of aromatic amines is 1. The minimum absolute atomic E-state index is 0.107. The van der Waals surface area contributed by atoms with E-state index in [9.17, 15) is 4.79 Å². The molecule has 4 rings (SSSR count). The molecule has 0 aliphatic heterocycles. The monoisotopic (exact) mass is 342 g/mol. The molecule has 0 saturated heterocycles. The van der Waals surface area contributed by atoms with Gasteiger partial charge in [0.2, 0.25) is 0 Å². The number of anilines is 1. The van der Waals surface area contributed by atoms with E-state index in [0.29, 0.717) is 34.1 Å². The van der Waals surface area contributed by atoms with Crippen LogP contribution in [0.3, 0.4) is 0 Å². The van der Waals surface area contributed by atoms with Gasteiger partial charge < -0.3 is 20.4 Å². The summed E-state index contributed by atoms with van der Waals surface area (Å²) in [4.78, 5) is 26.4. The number of imidazole rings is 1. The summed E-state index contributed by atoms with van der Waals surface area (Å²) in [5.74, 6) is -0.718. The third-order valence-corrected chi connectivity index (χ3v) is 3.99. The molecule has 0 bridgehead atoms. The topological polar surface area (TPSA) is 123 Å². The Morgan fingerprint density at radius 3 is 2.92 bits per heavy atom. The number of H-pyrrole nitrogens is 1. The second-order valence-corrected chi connectivity index (χ2v) is 5.76. The van der Waals surface area contributed by atoms with E-state index >= 15 is 0 Å². The second-order valence-electron chi connectivity index (χ2n) is 5.32. The molecule has 0 saturated carbocycles. The lowest BCUT2D eigenvalue weighted by Crippen LogP contribution is -2.02. The van der Waals surface area contributed by atoms with Crippen LogP contribution in [0.1, 0.15) is 16.1 Å². The van der Waals surface area contributed by atoms with Gasteiger partial charge in [-0.2, -0.15) is 0 Å². The van der Waals surface area contributed by atoms with Crippen LogP contribution in [0.5, 0.6) is 0 Å². The first-order chi connectivity index (χ1) is 11.5. The zero-order valence-electron chi connectivity index (χ0n) is 12.2. The lowest BCUT2D eigenvalue weighted by molar-refractivity contribution is 0.0691. The molecule has 1 aromatic carbocycles. The first kappa shape index (κ1) is 14.5. The largest absolute Gasteiger partial charge is 0.477 e. The van der Waals surface area contributed by atoms with Gasteiger partial charge in [0.05, 0.1) is 18.4 Å². The summed E-state index contributed by atoms with van der Waals surface area (Å²) in [5.41, 5.74) is 8.55. The van der Waals surface area contributed by atoms with Crippen molar-refractivity contribution >= 4 is 45.5 Å².